The Labute approximate surface area is 117 Å². The highest BCUT2D eigenvalue weighted by atomic mass is 15.1. The monoisotopic (exact) mass is 263 g/mol. The van der Waals surface area contributed by atoms with Crippen LogP contribution in [0.2, 0.25) is 0 Å². The Morgan fingerprint density at radius 3 is 2.79 bits per heavy atom. The fourth-order valence-corrected chi connectivity index (χ4v) is 3.19. The summed E-state index contributed by atoms with van der Waals surface area (Å²) in [7, 11) is 0. The Balaban J connectivity index is 2.08. The molecule has 1 aliphatic heterocycles. The molecule has 1 N–H and O–H groups in total. The van der Waals surface area contributed by atoms with E-state index in [9.17, 15) is 0 Å². The van der Waals surface area contributed by atoms with Crippen molar-refractivity contribution in [3.05, 3.63) is 18.2 Å². The molecule has 1 aliphatic rings. The number of nitrogens with one attached hydrogen (secondary N) is 1. The van der Waals surface area contributed by atoms with E-state index in [-0.39, 0.29) is 0 Å². The first-order chi connectivity index (χ1) is 9.17. The molecule has 1 aromatic rings. The lowest BCUT2D eigenvalue weighted by molar-refractivity contribution is 0.306. The van der Waals surface area contributed by atoms with E-state index in [1.165, 1.54) is 44.2 Å². The summed E-state index contributed by atoms with van der Waals surface area (Å²) in [4.78, 5) is 4.43. The van der Waals surface area contributed by atoms with Gasteiger partial charge in [0.1, 0.15) is 0 Å². The second kappa shape index (κ2) is 6.56. The summed E-state index contributed by atoms with van der Waals surface area (Å²) in [5.74, 6) is 0. The summed E-state index contributed by atoms with van der Waals surface area (Å²) in [6.45, 7) is 9.27. The molecule has 3 nitrogen and oxygen atoms in total. The average Bonchev–Trinajstić information content (AvgIpc) is 2.90. The van der Waals surface area contributed by atoms with Crippen LogP contribution in [0.3, 0.4) is 0 Å². The second-order valence-corrected chi connectivity index (χ2v) is 6.34. The van der Waals surface area contributed by atoms with Gasteiger partial charge in [0.05, 0.1) is 6.33 Å². The number of imidazole rings is 1. The second-order valence-electron chi connectivity index (χ2n) is 6.34. The minimum Gasteiger partial charge on any atom is -0.331 e. The van der Waals surface area contributed by atoms with Gasteiger partial charge in [-0.3, -0.25) is 0 Å². The first-order valence-corrected chi connectivity index (χ1v) is 7.90. The van der Waals surface area contributed by atoms with Crippen LogP contribution in [0.1, 0.15) is 71.0 Å². The van der Waals surface area contributed by atoms with Crippen LogP contribution in [0.5, 0.6) is 0 Å². The Hall–Kier alpha value is -0.830. The van der Waals surface area contributed by atoms with Crippen molar-refractivity contribution in [1.29, 1.82) is 0 Å². The number of piperidine rings is 1. The maximum atomic E-state index is 4.43. The predicted molar refractivity (Wildman–Crippen MR) is 80.5 cm³/mol. The van der Waals surface area contributed by atoms with Crippen molar-refractivity contribution in [2.75, 3.05) is 13.1 Å². The van der Waals surface area contributed by atoms with Crippen molar-refractivity contribution in [2.24, 2.45) is 0 Å². The molecule has 0 amide bonds. The van der Waals surface area contributed by atoms with E-state index in [4.69, 9.17) is 0 Å². The van der Waals surface area contributed by atoms with E-state index >= 15 is 0 Å². The highest BCUT2D eigenvalue weighted by Gasteiger charge is 2.32. The van der Waals surface area contributed by atoms with E-state index in [0.717, 1.165) is 13.1 Å². The number of nitrogens with zero attached hydrogens (tertiary/aromatic N) is 2. The number of unbranched alkanes of at least 4 members (excludes halogenated alkanes) is 2. The topological polar surface area (TPSA) is 29.9 Å². The molecule has 0 radical (unpaired) electrons. The molecule has 1 aromatic heterocycles. The van der Waals surface area contributed by atoms with Crippen molar-refractivity contribution in [1.82, 2.24) is 14.9 Å². The Morgan fingerprint density at radius 1 is 1.37 bits per heavy atom. The van der Waals surface area contributed by atoms with Crippen LogP contribution in [0.15, 0.2) is 12.5 Å². The van der Waals surface area contributed by atoms with Crippen LogP contribution in [-0.2, 0) is 5.41 Å². The molecular weight excluding hydrogens is 234 g/mol. The molecule has 1 saturated heterocycles. The SMILES string of the molecule is CCCCCC(C)n1cncc1C1(C)CCNCC1. The van der Waals surface area contributed by atoms with Crippen LogP contribution in [0, 0.1) is 0 Å². The highest BCUT2D eigenvalue weighted by Crippen LogP contribution is 2.34. The van der Waals surface area contributed by atoms with Crippen molar-refractivity contribution in [3.63, 3.8) is 0 Å². The molecule has 0 aromatic carbocycles. The lowest BCUT2D eigenvalue weighted by Crippen LogP contribution is -2.39. The molecule has 0 bridgehead atoms. The molecule has 1 atom stereocenters. The average molecular weight is 263 g/mol. The van der Waals surface area contributed by atoms with Gasteiger partial charge in [-0.05, 0) is 39.3 Å². The first kappa shape index (κ1) is 14.6. The summed E-state index contributed by atoms with van der Waals surface area (Å²) in [5.41, 5.74) is 1.75. The van der Waals surface area contributed by atoms with Crippen LogP contribution in [0.25, 0.3) is 0 Å². The third kappa shape index (κ3) is 3.38. The van der Waals surface area contributed by atoms with Crippen molar-refractivity contribution in [2.45, 2.75) is 70.8 Å². The van der Waals surface area contributed by atoms with E-state index in [2.05, 4.69) is 41.8 Å². The quantitative estimate of drug-likeness (QED) is 0.794. The van der Waals surface area contributed by atoms with Crippen LogP contribution < -0.4 is 5.32 Å². The molecule has 2 heterocycles. The molecule has 1 unspecified atom stereocenters. The number of hydrogen-bond acceptors (Lipinski definition) is 2. The van der Waals surface area contributed by atoms with Crippen LogP contribution >= 0.6 is 0 Å². The van der Waals surface area contributed by atoms with Gasteiger partial charge < -0.3 is 9.88 Å². The van der Waals surface area contributed by atoms with Gasteiger partial charge in [-0.1, -0.05) is 33.1 Å². The van der Waals surface area contributed by atoms with Crippen molar-refractivity contribution < 1.29 is 0 Å². The summed E-state index contributed by atoms with van der Waals surface area (Å²) >= 11 is 0. The van der Waals surface area contributed by atoms with Crippen molar-refractivity contribution in [3.8, 4) is 0 Å². The summed E-state index contributed by atoms with van der Waals surface area (Å²) in [5, 5.41) is 3.46. The van der Waals surface area contributed by atoms with Crippen LogP contribution in [0.4, 0.5) is 0 Å². The number of aromatic nitrogens is 2. The van der Waals surface area contributed by atoms with Crippen LogP contribution in [-0.4, -0.2) is 22.6 Å². The molecule has 0 spiro atoms. The molecule has 19 heavy (non-hydrogen) atoms. The largest absolute Gasteiger partial charge is 0.331 e. The zero-order chi connectivity index (χ0) is 13.7. The fourth-order valence-electron chi connectivity index (χ4n) is 3.19. The molecule has 1 fully saturated rings. The van der Waals surface area contributed by atoms with Gasteiger partial charge in [0.2, 0.25) is 0 Å². The smallest absolute Gasteiger partial charge is 0.0950 e. The number of hydrogen-bond donors (Lipinski definition) is 1. The van der Waals surface area contributed by atoms with Gasteiger partial charge >= 0.3 is 0 Å². The third-order valence-electron chi connectivity index (χ3n) is 4.69. The van der Waals surface area contributed by atoms with Gasteiger partial charge in [-0.15, -0.1) is 0 Å². The maximum absolute atomic E-state index is 4.43. The standard InChI is InChI=1S/C16H29N3/c1-4-5-6-7-14(2)19-13-18-12-15(19)16(3)8-10-17-11-9-16/h12-14,17H,4-11H2,1-3H3. The molecular formula is C16H29N3. The molecule has 2 rings (SSSR count). The van der Waals surface area contributed by atoms with Gasteiger partial charge in [-0.25, -0.2) is 4.98 Å². The van der Waals surface area contributed by atoms with Gasteiger partial charge in [0, 0.05) is 23.3 Å². The Bertz CT molecular complexity index is 377. The third-order valence-corrected chi connectivity index (χ3v) is 4.69. The lowest BCUT2D eigenvalue weighted by atomic mass is 9.78. The predicted octanol–water partition coefficient (Wildman–Crippen LogP) is 3.67. The molecule has 108 valence electrons. The maximum Gasteiger partial charge on any atom is 0.0950 e. The number of rotatable bonds is 6. The summed E-state index contributed by atoms with van der Waals surface area (Å²) < 4.78 is 2.43. The molecule has 3 heteroatoms. The van der Waals surface area contributed by atoms with Gasteiger partial charge in [0.25, 0.3) is 0 Å². The minimum atomic E-state index is 0.306. The van der Waals surface area contributed by atoms with E-state index in [1.807, 2.05) is 6.33 Å². The zero-order valence-electron chi connectivity index (χ0n) is 12.8. The minimum absolute atomic E-state index is 0.306. The van der Waals surface area contributed by atoms with Gasteiger partial charge in [0.15, 0.2) is 0 Å². The van der Waals surface area contributed by atoms with Crippen molar-refractivity contribution >= 4 is 0 Å². The normalized spacial score (nSPS) is 20.4. The lowest BCUT2D eigenvalue weighted by Gasteiger charge is -2.35. The highest BCUT2D eigenvalue weighted by molar-refractivity contribution is 5.16. The summed E-state index contributed by atoms with van der Waals surface area (Å²) in [6.07, 6.45) is 11.8. The van der Waals surface area contributed by atoms with E-state index in [1.54, 1.807) is 0 Å². The van der Waals surface area contributed by atoms with E-state index in [0.29, 0.717) is 11.5 Å². The zero-order valence-corrected chi connectivity index (χ0v) is 12.8. The fraction of sp³-hybridized carbons (Fsp3) is 0.812. The van der Waals surface area contributed by atoms with E-state index < -0.39 is 0 Å². The first-order valence-electron chi connectivity index (χ1n) is 7.90. The Kier molecular flexibility index (Phi) is 5.03. The summed E-state index contributed by atoms with van der Waals surface area (Å²) in [6, 6.07) is 0.579. The Morgan fingerprint density at radius 2 is 2.11 bits per heavy atom. The molecule has 0 saturated carbocycles. The van der Waals surface area contributed by atoms with Gasteiger partial charge in [-0.2, -0.15) is 0 Å². The molecule has 0 aliphatic carbocycles.